The number of benzene rings is 2. The Morgan fingerprint density at radius 3 is 2.54 bits per heavy atom. The number of guanidine groups is 1. The van der Waals surface area contributed by atoms with Crippen molar-refractivity contribution >= 4 is 35.6 Å². The SMILES string of the molecule is CCc1cccc(NC(N)=NCCCc2ccc(OC)cc2)c1.I. The van der Waals surface area contributed by atoms with Gasteiger partial charge < -0.3 is 15.8 Å². The third kappa shape index (κ3) is 6.78. The zero-order chi connectivity index (χ0) is 16.5. The molecule has 0 fully saturated rings. The van der Waals surface area contributed by atoms with E-state index in [0.717, 1.165) is 30.7 Å². The number of ether oxygens (including phenoxy) is 1. The van der Waals surface area contributed by atoms with Gasteiger partial charge in [-0.3, -0.25) is 4.99 Å². The van der Waals surface area contributed by atoms with Crippen molar-refractivity contribution in [3.05, 3.63) is 59.7 Å². The van der Waals surface area contributed by atoms with Gasteiger partial charge in [0.1, 0.15) is 5.75 Å². The predicted octanol–water partition coefficient (Wildman–Crippen LogP) is 4.24. The molecule has 0 aromatic heterocycles. The van der Waals surface area contributed by atoms with E-state index in [0.29, 0.717) is 12.5 Å². The fraction of sp³-hybridized carbons (Fsp3) is 0.316. The van der Waals surface area contributed by atoms with Crippen molar-refractivity contribution in [3.8, 4) is 5.75 Å². The third-order valence-corrected chi connectivity index (χ3v) is 3.67. The first-order valence-electron chi connectivity index (χ1n) is 8.00. The van der Waals surface area contributed by atoms with Crippen molar-refractivity contribution < 1.29 is 4.74 Å². The quantitative estimate of drug-likeness (QED) is 0.294. The molecular formula is C19H26IN3O. The van der Waals surface area contributed by atoms with Gasteiger partial charge in [-0.15, -0.1) is 24.0 Å². The molecule has 0 unspecified atom stereocenters. The molecule has 24 heavy (non-hydrogen) atoms. The predicted molar refractivity (Wildman–Crippen MR) is 113 cm³/mol. The molecule has 0 atom stereocenters. The summed E-state index contributed by atoms with van der Waals surface area (Å²) < 4.78 is 5.15. The van der Waals surface area contributed by atoms with E-state index in [-0.39, 0.29) is 24.0 Å². The van der Waals surface area contributed by atoms with Gasteiger partial charge in [0.15, 0.2) is 5.96 Å². The standard InChI is InChI=1S/C19H25N3O.HI/c1-3-15-6-4-8-17(14-15)22-19(20)21-13-5-7-16-9-11-18(23-2)12-10-16;/h4,6,8-12,14H,3,5,7,13H2,1-2H3,(H3,20,21,22);1H. The number of methoxy groups -OCH3 is 1. The molecule has 0 saturated heterocycles. The van der Waals surface area contributed by atoms with Crippen LogP contribution in [0.1, 0.15) is 24.5 Å². The molecular weight excluding hydrogens is 413 g/mol. The van der Waals surface area contributed by atoms with E-state index in [1.165, 1.54) is 11.1 Å². The van der Waals surface area contributed by atoms with Crippen LogP contribution in [-0.4, -0.2) is 19.6 Å². The van der Waals surface area contributed by atoms with Gasteiger partial charge in [-0.1, -0.05) is 31.2 Å². The number of rotatable bonds is 7. The molecule has 0 radical (unpaired) electrons. The Labute approximate surface area is 161 Å². The number of aryl methyl sites for hydroxylation is 2. The monoisotopic (exact) mass is 439 g/mol. The molecule has 2 aromatic carbocycles. The smallest absolute Gasteiger partial charge is 0.193 e. The van der Waals surface area contributed by atoms with E-state index in [2.05, 4.69) is 41.5 Å². The lowest BCUT2D eigenvalue weighted by Crippen LogP contribution is -2.23. The summed E-state index contributed by atoms with van der Waals surface area (Å²) in [5, 5.41) is 3.14. The van der Waals surface area contributed by atoms with Crippen molar-refractivity contribution in [2.75, 3.05) is 19.0 Å². The van der Waals surface area contributed by atoms with Gasteiger partial charge in [0, 0.05) is 12.2 Å². The van der Waals surface area contributed by atoms with E-state index < -0.39 is 0 Å². The highest BCUT2D eigenvalue weighted by atomic mass is 127. The van der Waals surface area contributed by atoms with Gasteiger partial charge in [-0.2, -0.15) is 0 Å². The van der Waals surface area contributed by atoms with E-state index in [1.54, 1.807) is 7.11 Å². The summed E-state index contributed by atoms with van der Waals surface area (Å²) in [6, 6.07) is 16.4. The summed E-state index contributed by atoms with van der Waals surface area (Å²) in [5.74, 6) is 1.35. The van der Waals surface area contributed by atoms with Crippen LogP contribution in [0.25, 0.3) is 0 Å². The molecule has 0 aliphatic heterocycles. The number of nitrogens with zero attached hydrogens (tertiary/aromatic N) is 1. The van der Waals surface area contributed by atoms with E-state index in [9.17, 15) is 0 Å². The normalized spacial score (nSPS) is 10.8. The average molecular weight is 439 g/mol. The lowest BCUT2D eigenvalue weighted by atomic mass is 10.1. The van der Waals surface area contributed by atoms with Gasteiger partial charge in [-0.05, 0) is 54.7 Å². The molecule has 0 saturated carbocycles. The van der Waals surface area contributed by atoms with Gasteiger partial charge in [0.25, 0.3) is 0 Å². The maximum atomic E-state index is 5.94. The Hall–Kier alpha value is -1.76. The maximum absolute atomic E-state index is 5.94. The van der Waals surface area contributed by atoms with Crippen LogP contribution >= 0.6 is 24.0 Å². The molecule has 0 aliphatic carbocycles. The Bertz CT molecular complexity index is 641. The third-order valence-electron chi connectivity index (χ3n) is 3.67. The minimum absolute atomic E-state index is 0. The van der Waals surface area contributed by atoms with Crippen LogP contribution < -0.4 is 15.8 Å². The highest BCUT2D eigenvalue weighted by Crippen LogP contribution is 2.13. The number of hydrogen-bond acceptors (Lipinski definition) is 2. The maximum Gasteiger partial charge on any atom is 0.193 e. The van der Waals surface area contributed by atoms with Crippen LogP contribution in [0, 0.1) is 0 Å². The van der Waals surface area contributed by atoms with Crippen molar-refractivity contribution in [1.29, 1.82) is 0 Å². The van der Waals surface area contributed by atoms with Gasteiger partial charge in [-0.25, -0.2) is 0 Å². The van der Waals surface area contributed by atoms with Crippen LogP contribution in [0.2, 0.25) is 0 Å². The number of halogens is 1. The van der Waals surface area contributed by atoms with Gasteiger partial charge in [0.2, 0.25) is 0 Å². The number of aliphatic imine (C=N–C) groups is 1. The van der Waals surface area contributed by atoms with E-state index >= 15 is 0 Å². The molecule has 4 nitrogen and oxygen atoms in total. The zero-order valence-electron chi connectivity index (χ0n) is 14.3. The lowest BCUT2D eigenvalue weighted by Gasteiger charge is -2.07. The average Bonchev–Trinajstić information content (AvgIpc) is 2.59. The molecule has 0 aliphatic rings. The fourth-order valence-electron chi connectivity index (χ4n) is 2.33. The minimum atomic E-state index is 0. The van der Waals surface area contributed by atoms with Crippen molar-refractivity contribution in [3.63, 3.8) is 0 Å². The number of anilines is 1. The fourth-order valence-corrected chi connectivity index (χ4v) is 2.33. The second-order valence-corrected chi connectivity index (χ2v) is 5.40. The largest absolute Gasteiger partial charge is 0.497 e. The Morgan fingerprint density at radius 1 is 1.12 bits per heavy atom. The molecule has 2 aromatic rings. The number of nitrogens with two attached hydrogens (primary N) is 1. The highest BCUT2D eigenvalue weighted by Gasteiger charge is 1.98. The second kappa shape index (κ2) is 10.9. The van der Waals surface area contributed by atoms with Crippen LogP contribution in [-0.2, 0) is 12.8 Å². The molecule has 5 heteroatoms. The molecule has 0 heterocycles. The molecule has 2 rings (SSSR count). The van der Waals surface area contributed by atoms with E-state index in [4.69, 9.17) is 10.5 Å². The minimum Gasteiger partial charge on any atom is -0.497 e. The summed E-state index contributed by atoms with van der Waals surface area (Å²) in [4.78, 5) is 4.38. The van der Waals surface area contributed by atoms with Crippen LogP contribution in [0.15, 0.2) is 53.5 Å². The van der Waals surface area contributed by atoms with E-state index in [1.807, 2.05) is 24.3 Å². The van der Waals surface area contributed by atoms with Crippen LogP contribution in [0.5, 0.6) is 5.75 Å². The van der Waals surface area contributed by atoms with Gasteiger partial charge >= 0.3 is 0 Å². The Morgan fingerprint density at radius 2 is 1.88 bits per heavy atom. The topological polar surface area (TPSA) is 59.6 Å². The van der Waals surface area contributed by atoms with Crippen molar-refractivity contribution in [1.82, 2.24) is 0 Å². The zero-order valence-corrected chi connectivity index (χ0v) is 16.6. The molecule has 0 bridgehead atoms. The molecule has 3 N–H and O–H groups in total. The number of hydrogen-bond donors (Lipinski definition) is 2. The van der Waals surface area contributed by atoms with Crippen LogP contribution in [0.4, 0.5) is 5.69 Å². The van der Waals surface area contributed by atoms with Gasteiger partial charge in [0.05, 0.1) is 7.11 Å². The molecule has 0 amide bonds. The molecule has 130 valence electrons. The summed E-state index contributed by atoms with van der Waals surface area (Å²) in [5.41, 5.74) is 9.48. The highest BCUT2D eigenvalue weighted by molar-refractivity contribution is 14.0. The van der Waals surface area contributed by atoms with Crippen molar-refractivity contribution in [2.24, 2.45) is 10.7 Å². The van der Waals surface area contributed by atoms with Crippen molar-refractivity contribution in [2.45, 2.75) is 26.2 Å². The second-order valence-electron chi connectivity index (χ2n) is 5.40. The van der Waals surface area contributed by atoms with Crippen LogP contribution in [0.3, 0.4) is 0 Å². The number of nitrogens with one attached hydrogen (secondary N) is 1. The summed E-state index contributed by atoms with van der Waals surface area (Å²) in [6.45, 7) is 2.84. The first-order chi connectivity index (χ1) is 11.2. The first-order valence-corrected chi connectivity index (χ1v) is 8.00. The summed E-state index contributed by atoms with van der Waals surface area (Å²) in [7, 11) is 1.68. The lowest BCUT2D eigenvalue weighted by molar-refractivity contribution is 0.414. The summed E-state index contributed by atoms with van der Waals surface area (Å²) in [6.07, 6.45) is 2.95. The summed E-state index contributed by atoms with van der Waals surface area (Å²) >= 11 is 0. The first kappa shape index (κ1) is 20.3. The molecule has 0 spiro atoms. The Kier molecular flexibility index (Phi) is 9.22. The Balaban J connectivity index is 0.00000288.